The van der Waals surface area contributed by atoms with Gasteiger partial charge in [0, 0.05) is 49.9 Å². The van der Waals surface area contributed by atoms with Crippen LogP contribution in [0.3, 0.4) is 0 Å². The highest BCUT2D eigenvalue weighted by Gasteiger charge is 2.25. The summed E-state index contributed by atoms with van der Waals surface area (Å²) in [5, 5.41) is 4.17. The van der Waals surface area contributed by atoms with Crippen LogP contribution in [0.2, 0.25) is 0 Å². The average Bonchev–Trinajstić information content (AvgIpc) is 3.14. The number of carbonyl (C=O) groups excluding carboxylic acids is 2. The second-order valence-electron chi connectivity index (χ2n) is 7.25. The molecule has 8 heteroatoms. The molecule has 7 nitrogen and oxygen atoms in total. The van der Waals surface area contributed by atoms with Crippen LogP contribution in [0.5, 0.6) is 0 Å². The molecule has 3 heterocycles. The fourth-order valence-electron chi connectivity index (χ4n) is 3.55. The van der Waals surface area contributed by atoms with Gasteiger partial charge in [-0.3, -0.25) is 14.6 Å². The van der Waals surface area contributed by atoms with Crippen molar-refractivity contribution in [3.8, 4) is 0 Å². The molecule has 0 aliphatic carbocycles. The molecule has 3 rings (SSSR count). The van der Waals surface area contributed by atoms with Gasteiger partial charge in [0.05, 0.1) is 17.8 Å². The number of likely N-dealkylation sites (tertiary alicyclic amines) is 1. The fourth-order valence-corrected chi connectivity index (χ4v) is 4.04. The summed E-state index contributed by atoms with van der Waals surface area (Å²) in [6, 6.07) is 3.67. The van der Waals surface area contributed by atoms with E-state index in [2.05, 4.69) is 14.9 Å². The number of hydrogen-bond donors (Lipinski definition) is 2. The normalized spacial score (nSPS) is 16.3. The molecule has 2 aromatic heterocycles. The van der Waals surface area contributed by atoms with Crippen LogP contribution in [0.15, 0.2) is 30.7 Å². The highest BCUT2D eigenvalue weighted by molar-refractivity contribution is 7.98. The summed E-state index contributed by atoms with van der Waals surface area (Å²) in [6.07, 6.45) is 10.3. The van der Waals surface area contributed by atoms with Crippen molar-refractivity contribution in [2.75, 3.05) is 25.1 Å². The predicted molar refractivity (Wildman–Crippen MR) is 113 cm³/mol. The van der Waals surface area contributed by atoms with E-state index in [1.165, 1.54) is 0 Å². The number of fused-ring (bicyclic) bond motifs is 1. The number of nitrogens with one attached hydrogen (secondary N) is 1. The van der Waals surface area contributed by atoms with Crippen LogP contribution in [-0.4, -0.2) is 63.4 Å². The Bertz CT molecular complexity index is 801. The first kappa shape index (κ1) is 20.7. The van der Waals surface area contributed by atoms with Gasteiger partial charge in [0.1, 0.15) is 0 Å². The zero-order chi connectivity index (χ0) is 19.9. The highest BCUT2D eigenvalue weighted by atomic mass is 32.2. The molecule has 2 aromatic rings. The SMILES string of the molecule is CSCCC(N)C(=O)NC1CCN(C(=O)CCn2ccc3ccncc32)CC1. The van der Waals surface area contributed by atoms with Crippen molar-refractivity contribution in [3.05, 3.63) is 30.7 Å². The average molecular weight is 404 g/mol. The van der Waals surface area contributed by atoms with Crippen molar-refractivity contribution >= 4 is 34.5 Å². The van der Waals surface area contributed by atoms with Gasteiger partial charge in [-0.05, 0) is 43.4 Å². The van der Waals surface area contributed by atoms with E-state index >= 15 is 0 Å². The number of pyridine rings is 1. The quantitative estimate of drug-likeness (QED) is 0.699. The van der Waals surface area contributed by atoms with E-state index in [9.17, 15) is 9.59 Å². The predicted octanol–water partition coefficient (Wildman–Crippen LogP) is 1.61. The van der Waals surface area contributed by atoms with Gasteiger partial charge in [0.25, 0.3) is 0 Å². The lowest BCUT2D eigenvalue weighted by molar-refractivity contribution is -0.132. The maximum Gasteiger partial charge on any atom is 0.237 e. The number of amides is 2. The first-order valence-corrected chi connectivity index (χ1v) is 11.2. The summed E-state index contributed by atoms with van der Waals surface area (Å²) in [7, 11) is 0. The molecule has 0 saturated carbocycles. The first-order chi connectivity index (χ1) is 13.6. The Hall–Kier alpha value is -2.06. The van der Waals surface area contributed by atoms with Gasteiger partial charge < -0.3 is 20.5 Å². The third kappa shape index (κ3) is 5.26. The zero-order valence-corrected chi connectivity index (χ0v) is 17.2. The van der Waals surface area contributed by atoms with Crippen molar-refractivity contribution in [2.24, 2.45) is 5.73 Å². The molecule has 0 radical (unpaired) electrons. The van der Waals surface area contributed by atoms with Crippen LogP contribution in [0, 0.1) is 0 Å². The van der Waals surface area contributed by atoms with Gasteiger partial charge in [0.15, 0.2) is 0 Å². The minimum absolute atomic E-state index is 0.0769. The number of nitrogens with two attached hydrogens (primary N) is 1. The van der Waals surface area contributed by atoms with Crippen molar-refractivity contribution < 1.29 is 9.59 Å². The Kier molecular flexibility index (Phi) is 7.33. The van der Waals surface area contributed by atoms with Crippen LogP contribution in [-0.2, 0) is 16.1 Å². The van der Waals surface area contributed by atoms with Crippen molar-refractivity contribution in [1.29, 1.82) is 0 Å². The molecule has 3 N–H and O–H groups in total. The number of piperidine rings is 1. The molecule has 1 unspecified atom stereocenters. The number of carbonyl (C=O) groups is 2. The highest BCUT2D eigenvalue weighted by Crippen LogP contribution is 2.16. The molecular weight excluding hydrogens is 374 g/mol. The van der Waals surface area contributed by atoms with Gasteiger partial charge in [-0.2, -0.15) is 11.8 Å². The second-order valence-corrected chi connectivity index (χ2v) is 8.23. The molecule has 1 aliphatic heterocycles. The van der Waals surface area contributed by atoms with Crippen LogP contribution >= 0.6 is 11.8 Å². The topological polar surface area (TPSA) is 93.3 Å². The molecular formula is C20H29N5O2S. The van der Waals surface area contributed by atoms with E-state index < -0.39 is 6.04 Å². The largest absolute Gasteiger partial charge is 0.352 e. The number of rotatable bonds is 8. The Balaban J connectivity index is 1.42. The Morgan fingerprint density at radius 1 is 1.36 bits per heavy atom. The van der Waals surface area contributed by atoms with Gasteiger partial charge in [-0.15, -0.1) is 0 Å². The van der Waals surface area contributed by atoms with Crippen LogP contribution < -0.4 is 11.1 Å². The minimum atomic E-state index is -0.446. The molecule has 28 heavy (non-hydrogen) atoms. The van der Waals surface area contributed by atoms with Crippen LogP contribution in [0.4, 0.5) is 0 Å². The smallest absolute Gasteiger partial charge is 0.237 e. The minimum Gasteiger partial charge on any atom is -0.352 e. The summed E-state index contributed by atoms with van der Waals surface area (Å²) in [6.45, 7) is 2.00. The third-order valence-electron chi connectivity index (χ3n) is 5.31. The molecule has 1 aliphatic rings. The van der Waals surface area contributed by atoms with Crippen molar-refractivity contribution in [1.82, 2.24) is 19.8 Å². The van der Waals surface area contributed by atoms with Gasteiger partial charge in [0.2, 0.25) is 11.8 Å². The maximum absolute atomic E-state index is 12.6. The molecule has 1 saturated heterocycles. The van der Waals surface area contributed by atoms with E-state index in [0.717, 1.165) is 29.5 Å². The molecule has 0 bridgehead atoms. The number of nitrogens with zero attached hydrogens (tertiary/aromatic N) is 3. The third-order valence-corrected chi connectivity index (χ3v) is 5.95. The zero-order valence-electron chi connectivity index (χ0n) is 16.3. The fraction of sp³-hybridized carbons (Fsp3) is 0.550. The molecule has 1 fully saturated rings. The Morgan fingerprint density at radius 3 is 2.89 bits per heavy atom. The summed E-state index contributed by atoms with van der Waals surface area (Å²) < 4.78 is 2.07. The van der Waals surface area contributed by atoms with E-state index in [1.54, 1.807) is 18.0 Å². The van der Waals surface area contributed by atoms with Gasteiger partial charge >= 0.3 is 0 Å². The number of thioether (sulfide) groups is 1. The van der Waals surface area contributed by atoms with E-state index in [0.29, 0.717) is 32.5 Å². The number of aryl methyl sites for hydroxylation is 1. The molecule has 0 aromatic carbocycles. The monoisotopic (exact) mass is 403 g/mol. The lowest BCUT2D eigenvalue weighted by Crippen LogP contribution is -2.50. The van der Waals surface area contributed by atoms with E-state index in [1.807, 2.05) is 35.7 Å². The molecule has 1 atom stereocenters. The lowest BCUT2D eigenvalue weighted by atomic mass is 10.0. The summed E-state index contributed by atoms with van der Waals surface area (Å²) in [4.78, 5) is 30.8. The van der Waals surface area contributed by atoms with E-state index in [4.69, 9.17) is 5.73 Å². The summed E-state index contributed by atoms with van der Waals surface area (Å²) in [5.74, 6) is 0.966. The van der Waals surface area contributed by atoms with E-state index in [-0.39, 0.29) is 17.9 Å². The standard InChI is InChI=1S/C20H29N5O2S/c1-28-13-7-17(21)20(27)23-16-4-10-25(11-5-16)19(26)6-12-24-9-3-15-2-8-22-14-18(15)24/h2-3,8-9,14,16-17H,4-7,10-13,21H2,1H3,(H,23,27). The summed E-state index contributed by atoms with van der Waals surface area (Å²) >= 11 is 1.69. The number of hydrogen-bond acceptors (Lipinski definition) is 5. The molecule has 2 amide bonds. The first-order valence-electron chi connectivity index (χ1n) is 9.80. The van der Waals surface area contributed by atoms with Gasteiger partial charge in [-0.1, -0.05) is 0 Å². The Morgan fingerprint density at radius 2 is 2.14 bits per heavy atom. The molecule has 0 spiro atoms. The number of aromatic nitrogens is 2. The second kappa shape index (κ2) is 9.93. The van der Waals surface area contributed by atoms with Crippen molar-refractivity contribution in [2.45, 2.75) is 44.3 Å². The lowest BCUT2D eigenvalue weighted by Gasteiger charge is -2.33. The van der Waals surface area contributed by atoms with Crippen LogP contribution in [0.1, 0.15) is 25.7 Å². The van der Waals surface area contributed by atoms with Gasteiger partial charge in [-0.25, -0.2) is 0 Å². The van der Waals surface area contributed by atoms with Crippen LogP contribution in [0.25, 0.3) is 10.9 Å². The maximum atomic E-state index is 12.6. The molecule has 152 valence electrons. The Labute approximate surface area is 170 Å². The van der Waals surface area contributed by atoms with Crippen molar-refractivity contribution in [3.63, 3.8) is 0 Å². The summed E-state index contributed by atoms with van der Waals surface area (Å²) in [5.41, 5.74) is 6.98.